The zero-order valence-electron chi connectivity index (χ0n) is 16.3. The number of Topliss-reactive ketones (excluding diaryl/α,β-unsaturated/α-hetero) is 1. The van der Waals surface area contributed by atoms with Crippen LogP contribution in [0.3, 0.4) is 0 Å². The number of rotatable bonds is 14. The van der Waals surface area contributed by atoms with E-state index in [0.29, 0.717) is 16.5 Å². The molecule has 0 atom stereocenters. The van der Waals surface area contributed by atoms with E-state index in [1.807, 2.05) is 0 Å². The molecule has 1 rings (SSSR count). The fraction of sp³-hybridized carbons (Fsp3) is 0.636. The van der Waals surface area contributed by atoms with Crippen molar-refractivity contribution >= 4 is 27.5 Å². The number of hydrogen-bond acceptors (Lipinski definition) is 3. The minimum absolute atomic E-state index is 0.150. The number of methoxy groups -OCH3 is 1. The molecule has 1 aliphatic rings. The van der Waals surface area contributed by atoms with Gasteiger partial charge in [-0.1, -0.05) is 64.0 Å². The molecule has 0 aromatic carbocycles. The van der Waals surface area contributed by atoms with E-state index in [0.717, 1.165) is 12.8 Å². The fourth-order valence-electron chi connectivity index (χ4n) is 3.03. The number of allylic oxidation sites excluding steroid dienone is 5. The van der Waals surface area contributed by atoms with Gasteiger partial charge in [-0.2, -0.15) is 0 Å². The van der Waals surface area contributed by atoms with E-state index in [2.05, 4.69) is 35.0 Å². The Labute approximate surface area is 167 Å². The summed E-state index contributed by atoms with van der Waals surface area (Å²) in [5.41, 5.74) is 0.559. The third kappa shape index (κ3) is 8.48. The van der Waals surface area contributed by atoms with E-state index < -0.39 is 0 Å². The molecule has 0 spiro atoms. The summed E-state index contributed by atoms with van der Waals surface area (Å²) in [4.78, 5) is 24.1. The lowest BCUT2D eigenvalue weighted by Gasteiger charge is -2.15. The number of carbonyl (C=O) groups is 2. The van der Waals surface area contributed by atoms with Gasteiger partial charge in [-0.05, 0) is 48.0 Å². The first-order chi connectivity index (χ1) is 12.6. The van der Waals surface area contributed by atoms with Crippen molar-refractivity contribution < 1.29 is 14.3 Å². The van der Waals surface area contributed by atoms with Gasteiger partial charge >= 0.3 is 0 Å². The van der Waals surface area contributed by atoms with Gasteiger partial charge in [-0.15, -0.1) is 0 Å². The maximum Gasteiger partial charge on any atom is 0.224 e. The average Bonchev–Trinajstić information content (AvgIpc) is 2.64. The zero-order valence-corrected chi connectivity index (χ0v) is 17.9. The van der Waals surface area contributed by atoms with E-state index in [4.69, 9.17) is 4.74 Å². The molecule has 3 nitrogen and oxygen atoms in total. The van der Waals surface area contributed by atoms with E-state index in [1.165, 1.54) is 71.0 Å². The van der Waals surface area contributed by atoms with Gasteiger partial charge in [0.1, 0.15) is 0 Å². The Morgan fingerprint density at radius 2 is 1.50 bits per heavy atom. The van der Waals surface area contributed by atoms with Crippen LogP contribution in [0.1, 0.15) is 84.0 Å². The molecule has 0 aliphatic heterocycles. The van der Waals surface area contributed by atoms with Crippen LogP contribution in [0, 0.1) is 0 Å². The fourth-order valence-corrected chi connectivity index (χ4v) is 3.52. The van der Waals surface area contributed by atoms with Crippen LogP contribution in [-0.2, 0) is 14.3 Å². The molecule has 0 heterocycles. The van der Waals surface area contributed by atoms with Crippen LogP contribution in [-0.4, -0.2) is 18.7 Å². The second kappa shape index (κ2) is 14.0. The van der Waals surface area contributed by atoms with Crippen LogP contribution in [0.4, 0.5) is 0 Å². The summed E-state index contributed by atoms with van der Waals surface area (Å²) in [6, 6.07) is 0. The number of hydrogen-bond donors (Lipinski definition) is 0. The topological polar surface area (TPSA) is 43.4 Å². The number of halogens is 1. The molecular formula is C22H33BrO3. The predicted molar refractivity (Wildman–Crippen MR) is 111 cm³/mol. The average molecular weight is 425 g/mol. The number of ketones is 2. The Balaban J connectivity index is 2.09. The van der Waals surface area contributed by atoms with Gasteiger partial charge in [0.15, 0.2) is 11.5 Å². The Kier molecular flexibility index (Phi) is 12.3. The number of ether oxygens (including phenoxy) is 1. The van der Waals surface area contributed by atoms with Gasteiger partial charge in [-0.25, -0.2) is 0 Å². The van der Waals surface area contributed by atoms with Gasteiger partial charge in [-0.3, -0.25) is 9.59 Å². The van der Waals surface area contributed by atoms with Crippen molar-refractivity contribution in [3.63, 3.8) is 0 Å². The summed E-state index contributed by atoms with van der Waals surface area (Å²) >= 11 is 3.26. The van der Waals surface area contributed by atoms with Gasteiger partial charge in [0.05, 0.1) is 11.6 Å². The highest BCUT2D eigenvalue weighted by atomic mass is 79.9. The molecule has 0 bridgehead atoms. The summed E-state index contributed by atoms with van der Waals surface area (Å²) in [6.45, 7) is 2.23. The van der Waals surface area contributed by atoms with Crippen molar-refractivity contribution in [1.82, 2.24) is 0 Å². The standard InChI is InChI=1S/C22H33BrO3/c1-3-4-5-6-7-8-9-10-11-12-13-14-15-16-18-21(23)19(24)17-20(26-2)22(18)25/h6-7,17H,3-5,8-16H2,1-2H3/b7-6+. The molecule has 4 heteroatoms. The molecule has 26 heavy (non-hydrogen) atoms. The Hall–Kier alpha value is -1.16. The highest BCUT2D eigenvalue weighted by Gasteiger charge is 2.27. The number of carbonyl (C=O) groups excluding carboxylic acids is 2. The van der Waals surface area contributed by atoms with Crippen LogP contribution in [0.5, 0.6) is 0 Å². The monoisotopic (exact) mass is 424 g/mol. The molecule has 0 saturated heterocycles. The van der Waals surface area contributed by atoms with Crippen molar-refractivity contribution in [2.75, 3.05) is 7.11 Å². The highest BCUT2D eigenvalue weighted by Crippen LogP contribution is 2.28. The summed E-state index contributed by atoms with van der Waals surface area (Å²) in [5.74, 6) is -0.192. The molecule has 0 fully saturated rings. The molecular weight excluding hydrogens is 392 g/mol. The second-order valence-electron chi connectivity index (χ2n) is 6.83. The van der Waals surface area contributed by atoms with Crippen LogP contribution < -0.4 is 0 Å². The van der Waals surface area contributed by atoms with Crippen LogP contribution in [0.25, 0.3) is 0 Å². The van der Waals surface area contributed by atoms with Crippen molar-refractivity contribution in [1.29, 1.82) is 0 Å². The molecule has 0 N–H and O–H groups in total. The molecule has 0 amide bonds. The molecule has 146 valence electrons. The lowest BCUT2D eigenvalue weighted by atomic mass is 9.96. The van der Waals surface area contributed by atoms with E-state index >= 15 is 0 Å². The maximum atomic E-state index is 12.2. The summed E-state index contributed by atoms with van der Waals surface area (Å²) in [7, 11) is 1.43. The Morgan fingerprint density at radius 3 is 2.12 bits per heavy atom. The van der Waals surface area contributed by atoms with E-state index in [-0.39, 0.29) is 17.3 Å². The highest BCUT2D eigenvalue weighted by molar-refractivity contribution is 9.12. The summed E-state index contributed by atoms with van der Waals surface area (Å²) in [6.07, 6.45) is 19.8. The van der Waals surface area contributed by atoms with Crippen molar-refractivity contribution in [2.45, 2.75) is 84.0 Å². The van der Waals surface area contributed by atoms with Gasteiger partial charge in [0.2, 0.25) is 5.78 Å². The smallest absolute Gasteiger partial charge is 0.224 e. The van der Waals surface area contributed by atoms with Crippen LogP contribution in [0.15, 0.2) is 34.0 Å². The minimum Gasteiger partial charge on any atom is -0.493 e. The zero-order chi connectivity index (χ0) is 19.2. The largest absolute Gasteiger partial charge is 0.493 e. The van der Waals surface area contributed by atoms with Gasteiger partial charge < -0.3 is 4.74 Å². The van der Waals surface area contributed by atoms with Gasteiger partial charge in [0, 0.05) is 11.6 Å². The second-order valence-corrected chi connectivity index (χ2v) is 7.62. The quantitative estimate of drug-likeness (QED) is 0.179. The lowest BCUT2D eigenvalue weighted by molar-refractivity contribution is -0.117. The molecule has 0 radical (unpaired) electrons. The lowest BCUT2D eigenvalue weighted by Crippen LogP contribution is -2.18. The normalized spacial score (nSPS) is 15.1. The Bertz CT molecular complexity index is 544. The molecule has 0 unspecified atom stereocenters. The maximum absolute atomic E-state index is 12.2. The summed E-state index contributed by atoms with van der Waals surface area (Å²) in [5, 5.41) is 0. The van der Waals surface area contributed by atoms with Gasteiger partial charge in [0.25, 0.3) is 0 Å². The predicted octanol–water partition coefficient (Wildman–Crippen LogP) is 6.57. The van der Waals surface area contributed by atoms with Crippen LogP contribution in [0.2, 0.25) is 0 Å². The van der Waals surface area contributed by atoms with E-state index in [1.54, 1.807) is 0 Å². The molecule has 0 aromatic rings. The van der Waals surface area contributed by atoms with Crippen molar-refractivity contribution in [3.8, 4) is 0 Å². The Morgan fingerprint density at radius 1 is 0.923 bits per heavy atom. The summed E-state index contributed by atoms with van der Waals surface area (Å²) < 4.78 is 5.40. The SMILES string of the molecule is CCCC/C=C/CCCCCCCCCC1=C(Br)C(=O)C=C(OC)C1=O. The van der Waals surface area contributed by atoms with Crippen molar-refractivity contribution in [3.05, 3.63) is 34.0 Å². The first-order valence-corrected chi connectivity index (χ1v) is 10.8. The molecule has 1 aliphatic carbocycles. The molecule has 0 saturated carbocycles. The van der Waals surface area contributed by atoms with Crippen molar-refractivity contribution in [2.24, 2.45) is 0 Å². The first kappa shape index (κ1) is 22.9. The third-order valence-electron chi connectivity index (χ3n) is 4.65. The first-order valence-electron chi connectivity index (χ1n) is 10.00. The third-order valence-corrected chi connectivity index (χ3v) is 5.52. The van der Waals surface area contributed by atoms with Crippen LogP contribution >= 0.6 is 15.9 Å². The molecule has 0 aromatic heterocycles. The minimum atomic E-state index is -0.180. The number of unbranched alkanes of at least 4 members (excludes halogenated alkanes) is 9. The van der Waals surface area contributed by atoms with E-state index in [9.17, 15) is 9.59 Å².